The maximum absolute atomic E-state index is 12.5. The summed E-state index contributed by atoms with van der Waals surface area (Å²) in [5, 5.41) is 9.28. The van der Waals surface area contributed by atoms with Crippen molar-refractivity contribution in [2.75, 3.05) is 19.7 Å². The summed E-state index contributed by atoms with van der Waals surface area (Å²) in [6.45, 7) is 5.17. The van der Waals surface area contributed by atoms with E-state index in [1.807, 2.05) is 18.7 Å². The SMILES string of the molecule is CC1(C)CN(C(=O)C2C3CCCC32)CC(CO)O1. The van der Waals surface area contributed by atoms with Gasteiger partial charge in [-0.3, -0.25) is 4.79 Å². The molecule has 0 aromatic heterocycles. The average Bonchev–Trinajstić information content (AvgIpc) is 2.78. The maximum Gasteiger partial charge on any atom is 0.226 e. The zero-order chi connectivity index (χ0) is 12.9. The summed E-state index contributed by atoms with van der Waals surface area (Å²) in [5.74, 6) is 1.92. The summed E-state index contributed by atoms with van der Waals surface area (Å²) in [4.78, 5) is 14.4. The molecule has 2 aliphatic carbocycles. The number of ether oxygens (including phenoxy) is 1. The van der Waals surface area contributed by atoms with Gasteiger partial charge in [0.05, 0.1) is 18.3 Å². The Morgan fingerprint density at radius 2 is 2.06 bits per heavy atom. The summed E-state index contributed by atoms with van der Waals surface area (Å²) in [6, 6.07) is 0. The molecule has 0 aromatic carbocycles. The summed E-state index contributed by atoms with van der Waals surface area (Å²) < 4.78 is 5.75. The van der Waals surface area contributed by atoms with Crippen molar-refractivity contribution in [2.24, 2.45) is 17.8 Å². The minimum atomic E-state index is -0.342. The Morgan fingerprint density at radius 3 is 2.67 bits per heavy atom. The fourth-order valence-corrected chi connectivity index (χ4v) is 3.96. The first-order chi connectivity index (χ1) is 8.52. The van der Waals surface area contributed by atoms with E-state index in [4.69, 9.17) is 4.74 Å². The summed E-state index contributed by atoms with van der Waals surface area (Å²) in [7, 11) is 0. The van der Waals surface area contributed by atoms with Crippen LogP contribution in [0.1, 0.15) is 33.1 Å². The number of hydrogen-bond acceptors (Lipinski definition) is 3. The highest BCUT2D eigenvalue weighted by Crippen LogP contribution is 2.58. The van der Waals surface area contributed by atoms with Crippen molar-refractivity contribution in [2.45, 2.75) is 44.8 Å². The molecule has 3 atom stereocenters. The molecule has 102 valence electrons. The summed E-state index contributed by atoms with van der Waals surface area (Å²) >= 11 is 0. The van der Waals surface area contributed by atoms with Gasteiger partial charge in [-0.2, -0.15) is 0 Å². The first-order valence-corrected chi connectivity index (χ1v) is 7.09. The molecular formula is C14H23NO3. The van der Waals surface area contributed by atoms with Crippen molar-refractivity contribution in [3.63, 3.8) is 0 Å². The predicted molar refractivity (Wildman–Crippen MR) is 66.9 cm³/mol. The normalized spacial score (nSPS) is 41.6. The lowest BCUT2D eigenvalue weighted by Crippen LogP contribution is -2.56. The number of nitrogens with zero attached hydrogens (tertiary/aromatic N) is 1. The van der Waals surface area contributed by atoms with Crippen LogP contribution >= 0.6 is 0 Å². The van der Waals surface area contributed by atoms with Crippen LogP contribution in [-0.2, 0) is 9.53 Å². The van der Waals surface area contributed by atoms with Crippen LogP contribution in [0.15, 0.2) is 0 Å². The molecule has 4 nitrogen and oxygen atoms in total. The van der Waals surface area contributed by atoms with Crippen LogP contribution in [0, 0.1) is 17.8 Å². The molecular weight excluding hydrogens is 230 g/mol. The Balaban J connectivity index is 1.66. The van der Waals surface area contributed by atoms with Crippen LogP contribution < -0.4 is 0 Å². The lowest BCUT2D eigenvalue weighted by molar-refractivity contribution is -0.168. The first kappa shape index (κ1) is 12.4. The highest BCUT2D eigenvalue weighted by atomic mass is 16.5. The monoisotopic (exact) mass is 253 g/mol. The standard InChI is InChI=1S/C14H23NO3/c1-14(2)8-15(6-9(7-16)18-14)13(17)12-10-4-3-5-11(10)12/h9-12,16H,3-8H2,1-2H3. The van der Waals surface area contributed by atoms with E-state index in [2.05, 4.69) is 0 Å². The number of morpholine rings is 1. The Morgan fingerprint density at radius 1 is 1.39 bits per heavy atom. The third-order valence-corrected chi connectivity index (χ3v) is 4.69. The molecule has 1 saturated heterocycles. The van der Waals surface area contributed by atoms with Gasteiger partial charge in [-0.25, -0.2) is 0 Å². The van der Waals surface area contributed by atoms with Gasteiger partial charge in [-0.15, -0.1) is 0 Å². The van der Waals surface area contributed by atoms with E-state index in [1.165, 1.54) is 19.3 Å². The van der Waals surface area contributed by atoms with Crippen molar-refractivity contribution in [1.29, 1.82) is 0 Å². The van der Waals surface area contributed by atoms with Crippen molar-refractivity contribution in [3.8, 4) is 0 Å². The fourth-order valence-electron chi connectivity index (χ4n) is 3.96. The van der Waals surface area contributed by atoms with Crippen LogP contribution in [0.5, 0.6) is 0 Å². The minimum Gasteiger partial charge on any atom is -0.394 e. The Bertz CT molecular complexity index is 345. The van der Waals surface area contributed by atoms with Crippen LogP contribution in [0.2, 0.25) is 0 Å². The van der Waals surface area contributed by atoms with Crippen molar-refractivity contribution in [1.82, 2.24) is 4.90 Å². The Kier molecular flexibility index (Phi) is 2.90. The number of carbonyl (C=O) groups is 1. The van der Waals surface area contributed by atoms with Crippen molar-refractivity contribution >= 4 is 5.91 Å². The minimum absolute atomic E-state index is 0.00919. The molecule has 1 heterocycles. The van der Waals surface area contributed by atoms with Crippen LogP contribution in [0.25, 0.3) is 0 Å². The van der Waals surface area contributed by atoms with Gasteiger partial charge in [0.2, 0.25) is 5.91 Å². The quantitative estimate of drug-likeness (QED) is 0.799. The van der Waals surface area contributed by atoms with Crippen LogP contribution in [0.3, 0.4) is 0 Å². The summed E-state index contributed by atoms with van der Waals surface area (Å²) in [6.07, 6.45) is 3.54. The van der Waals surface area contributed by atoms with Crippen LogP contribution in [-0.4, -0.2) is 47.3 Å². The van der Waals surface area contributed by atoms with E-state index in [1.54, 1.807) is 0 Å². The van der Waals surface area contributed by atoms with Crippen molar-refractivity contribution < 1.29 is 14.6 Å². The van der Waals surface area contributed by atoms with Crippen LogP contribution in [0.4, 0.5) is 0 Å². The smallest absolute Gasteiger partial charge is 0.226 e. The number of rotatable bonds is 2. The molecule has 4 heteroatoms. The molecule has 3 fully saturated rings. The molecule has 0 spiro atoms. The molecule has 2 saturated carbocycles. The molecule has 1 aliphatic heterocycles. The molecule has 3 rings (SSSR count). The molecule has 1 N–H and O–H groups in total. The molecule has 0 bridgehead atoms. The lowest BCUT2D eigenvalue weighted by atomic mass is 10.0. The molecule has 0 radical (unpaired) electrons. The fraction of sp³-hybridized carbons (Fsp3) is 0.929. The average molecular weight is 253 g/mol. The van der Waals surface area contributed by atoms with Gasteiger partial charge in [-0.05, 0) is 38.5 Å². The van der Waals surface area contributed by atoms with E-state index in [9.17, 15) is 9.90 Å². The van der Waals surface area contributed by atoms with E-state index in [-0.39, 0.29) is 24.2 Å². The number of hydrogen-bond donors (Lipinski definition) is 1. The number of aliphatic hydroxyl groups excluding tert-OH is 1. The largest absolute Gasteiger partial charge is 0.394 e. The highest BCUT2D eigenvalue weighted by Gasteiger charge is 2.58. The molecule has 1 amide bonds. The molecule has 3 aliphatic rings. The maximum atomic E-state index is 12.5. The van der Waals surface area contributed by atoms with Gasteiger partial charge in [0.25, 0.3) is 0 Å². The number of aliphatic hydroxyl groups is 1. The van der Waals surface area contributed by atoms with Gasteiger partial charge in [0, 0.05) is 19.0 Å². The van der Waals surface area contributed by atoms with Gasteiger partial charge < -0.3 is 14.7 Å². The Hall–Kier alpha value is -0.610. The highest BCUT2D eigenvalue weighted by molar-refractivity contribution is 5.82. The van der Waals surface area contributed by atoms with E-state index in [0.29, 0.717) is 30.8 Å². The second-order valence-electron chi connectivity index (χ2n) is 6.69. The summed E-state index contributed by atoms with van der Waals surface area (Å²) in [5.41, 5.74) is -0.342. The van der Waals surface area contributed by atoms with E-state index >= 15 is 0 Å². The zero-order valence-electron chi connectivity index (χ0n) is 11.3. The third-order valence-electron chi connectivity index (χ3n) is 4.69. The van der Waals surface area contributed by atoms with Gasteiger partial charge in [0.1, 0.15) is 0 Å². The topological polar surface area (TPSA) is 49.8 Å². The van der Waals surface area contributed by atoms with Gasteiger partial charge >= 0.3 is 0 Å². The number of amides is 1. The molecule has 3 unspecified atom stereocenters. The number of fused-ring (bicyclic) bond motifs is 1. The third kappa shape index (κ3) is 2.05. The molecule has 18 heavy (non-hydrogen) atoms. The number of carbonyl (C=O) groups excluding carboxylic acids is 1. The molecule has 0 aromatic rings. The van der Waals surface area contributed by atoms with Gasteiger partial charge in [-0.1, -0.05) is 6.42 Å². The predicted octanol–water partition coefficient (Wildman–Crippen LogP) is 1.03. The lowest BCUT2D eigenvalue weighted by Gasteiger charge is -2.42. The second-order valence-corrected chi connectivity index (χ2v) is 6.69. The second kappa shape index (κ2) is 4.20. The van der Waals surface area contributed by atoms with Crippen molar-refractivity contribution in [3.05, 3.63) is 0 Å². The van der Waals surface area contributed by atoms with E-state index in [0.717, 1.165) is 0 Å². The van der Waals surface area contributed by atoms with Gasteiger partial charge in [0.15, 0.2) is 0 Å². The zero-order valence-corrected chi connectivity index (χ0v) is 11.3. The van der Waals surface area contributed by atoms with E-state index < -0.39 is 0 Å². The first-order valence-electron chi connectivity index (χ1n) is 7.09. The Labute approximate surface area is 108 Å².